The molecule has 0 radical (unpaired) electrons. The fraction of sp³-hybridized carbons (Fsp3) is 0. The van der Waals surface area contributed by atoms with Gasteiger partial charge in [0.25, 0.3) is 0 Å². The Labute approximate surface area is 316 Å². The maximum absolute atomic E-state index is 10.1. The van der Waals surface area contributed by atoms with Gasteiger partial charge in [0.05, 0.1) is 57.0 Å². The zero-order valence-electron chi connectivity index (χ0n) is 29.5. The molecule has 0 saturated carbocycles. The third-order valence-electron chi connectivity index (χ3n) is 11.1. The highest BCUT2D eigenvalue weighted by Gasteiger charge is 2.21. The first kappa shape index (κ1) is 30.7. The van der Waals surface area contributed by atoms with Crippen molar-refractivity contribution in [3.63, 3.8) is 0 Å². The first-order valence-electron chi connectivity index (χ1n) is 18.3. The summed E-state index contributed by atoms with van der Waals surface area (Å²) in [5.41, 5.74) is 12.8. The second kappa shape index (κ2) is 11.8. The number of aromatic nitrogens is 3. The van der Waals surface area contributed by atoms with Gasteiger partial charge in [-0.15, -0.1) is 0 Å². The van der Waals surface area contributed by atoms with E-state index in [9.17, 15) is 5.26 Å². The SMILES string of the molecule is [C-]#[N+]c1ccc(-c2ccc(-n3c4ccccc4c4cccc(-n5c6ccccc6c6ccccc65)c43)cc2)c(-n2c3ccccc3c3c(C#N)cccc32)c1. The standard InChI is InChI=1S/C50H29N5/c1-52-34-26-29-36(48(30-34)55-45-21-9-5-16-41(45)49-33(31-51)12-10-22-46(49)55)32-24-27-35(28-25-32)53-42-18-6-4-15-39(42)40-17-11-23-47(50(40)53)54-43-19-7-2-13-37(43)38-14-3-8-20-44(38)54/h2-30H. The number of nitrogens with zero attached hydrogens (tertiary/aromatic N) is 5. The molecule has 0 unspecified atom stereocenters. The Hall–Kier alpha value is -7.86. The molecule has 0 aliphatic carbocycles. The Morgan fingerprint density at radius 1 is 0.455 bits per heavy atom. The maximum atomic E-state index is 10.1. The van der Waals surface area contributed by atoms with Gasteiger partial charge in [0, 0.05) is 49.3 Å². The zero-order chi connectivity index (χ0) is 36.6. The third kappa shape index (κ3) is 4.39. The number of benzene rings is 8. The van der Waals surface area contributed by atoms with Crippen molar-refractivity contribution in [2.24, 2.45) is 0 Å². The van der Waals surface area contributed by atoms with Gasteiger partial charge in [-0.3, -0.25) is 0 Å². The summed E-state index contributed by atoms with van der Waals surface area (Å²) >= 11 is 0. The van der Waals surface area contributed by atoms with Crippen molar-refractivity contribution in [1.82, 2.24) is 13.7 Å². The first-order valence-corrected chi connectivity index (χ1v) is 18.3. The molecule has 11 rings (SSSR count). The molecule has 0 bridgehead atoms. The van der Waals surface area contributed by atoms with Gasteiger partial charge in [-0.2, -0.15) is 5.26 Å². The van der Waals surface area contributed by atoms with Crippen LogP contribution in [0.5, 0.6) is 0 Å². The van der Waals surface area contributed by atoms with Crippen LogP contribution in [0.25, 0.3) is 98.5 Å². The minimum atomic E-state index is 0.556. The average Bonchev–Trinajstić information content (AvgIpc) is 3.89. The fourth-order valence-corrected chi connectivity index (χ4v) is 8.81. The van der Waals surface area contributed by atoms with Gasteiger partial charge in [0.2, 0.25) is 0 Å². The molecule has 0 N–H and O–H groups in total. The van der Waals surface area contributed by atoms with Crippen LogP contribution in [0.4, 0.5) is 5.69 Å². The van der Waals surface area contributed by atoms with Crippen LogP contribution >= 0.6 is 0 Å². The van der Waals surface area contributed by atoms with E-state index in [2.05, 4.69) is 158 Å². The molecule has 55 heavy (non-hydrogen) atoms. The highest BCUT2D eigenvalue weighted by molar-refractivity contribution is 6.15. The monoisotopic (exact) mass is 699 g/mol. The Balaban J connectivity index is 1.15. The van der Waals surface area contributed by atoms with Crippen molar-refractivity contribution in [2.45, 2.75) is 0 Å². The summed E-state index contributed by atoms with van der Waals surface area (Å²) < 4.78 is 7.01. The minimum absolute atomic E-state index is 0.556. The lowest BCUT2D eigenvalue weighted by Crippen LogP contribution is -2.01. The summed E-state index contributed by atoms with van der Waals surface area (Å²) in [7, 11) is 0. The largest absolute Gasteiger partial charge is 0.310 e. The van der Waals surface area contributed by atoms with E-state index in [1.54, 1.807) is 0 Å². The maximum Gasteiger partial charge on any atom is 0.189 e. The summed E-state index contributed by atoms with van der Waals surface area (Å²) in [6, 6.07) is 63.7. The normalized spacial score (nSPS) is 11.6. The molecule has 0 aliphatic heterocycles. The smallest absolute Gasteiger partial charge is 0.189 e. The molecule has 254 valence electrons. The van der Waals surface area contributed by atoms with Crippen molar-refractivity contribution in [3.05, 3.63) is 193 Å². The van der Waals surface area contributed by atoms with E-state index in [1.807, 2.05) is 42.5 Å². The van der Waals surface area contributed by atoms with Gasteiger partial charge in [-0.05, 0) is 66.2 Å². The van der Waals surface area contributed by atoms with Crippen LogP contribution in [0.2, 0.25) is 0 Å². The number of hydrogen-bond donors (Lipinski definition) is 0. The van der Waals surface area contributed by atoms with Gasteiger partial charge in [-0.1, -0.05) is 115 Å². The molecule has 0 saturated heterocycles. The molecule has 5 nitrogen and oxygen atoms in total. The average molecular weight is 700 g/mol. The molecule has 11 aromatic rings. The van der Waals surface area contributed by atoms with Crippen molar-refractivity contribution in [3.8, 4) is 34.3 Å². The fourth-order valence-electron chi connectivity index (χ4n) is 8.81. The van der Waals surface area contributed by atoms with Gasteiger partial charge in [0.1, 0.15) is 0 Å². The molecule has 0 spiro atoms. The molecule has 0 amide bonds. The predicted molar refractivity (Wildman–Crippen MR) is 226 cm³/mol. The number of rotatable bonds is 4. The van der Waals surface area contributed by atoms with Crippen LogP contribution in [-0.4, -0.2) is 13.7 Å². The second-order valence-corrected chi connectivity index (χ2v) is 13.9. The van der Waals surface area contributed by atoms with Crippen molar-refractivity contribution in [2.75, 3.05) is 0 Å². The quantitative estimate of drug-likeness (QED) is 0.169. The molecule has 0 fully saturated rings. The lowest BCUT2D eigenvalue weighted by atomic mass is 10.0. The van der Waals surface area contributed by atoms with Gasteiger partial charge in [-0.25, -0.2) is 4.85 Å². The van der Waals surface area contributed by atoms with Gasteiger partial charge >= 0.3 is 0 Å². The Morgan fingerprint density at radius 2 is 0.982 bits per heavy atom. The van der Waals surface area contributed by atoms with Crippen LogP contribution in [-0.2, 0) is 0 Å². The number of nitriles is 1. The summed E-state index contributed by atoms with van der Waals surface area (Å²) in [6.45, 7) is 7.90. The number of fused-ring (bicyclic) bond motifs is 9. The van der Waals surface area contributed by atoms with Crippen molar-refractivity contribution < 1.29 is 0 Å². The summed E-state index contributed by atoms with van der Waals surface area (Å²) in [4.78, 5) is 3.82. The molecular formula is C50H29N5. The molecule has 8 aromatic carbocycles. The van der Waals surface area contributed by atoms with E-state index >= 15 is 0 Å². The molecule has 3 heterocycles. The lowest BCUT2D eigenvalue weighted by molar-refractivity contribution is 1.13. The van der Waals surface area contributed by atoms with Crippen molar-refractivity contribution in [1.29, 1.82) is 5.26 Å². The highest BCUT2D eigenvalue weighted by atomic mass is 15.1. The lowest BCUT2D eigenvalue weighted by Gasteiger charge is -2.17. The van der Waals surface area contributed by atoms with E-state index in [4.69, 9.17) is 6.57 Å². The Bertz CT molecular complexity index is 3400. The van der Waals surface area contributed by atoms with E-state index < -0.39 is 0 Å². The van der Waals surface area contributed by atoms with Crippen LogP contribution < -0.4 is 0 Å². The van der Waals surface area contributed by atoms with Crippen LogP contribution in [0, 0.1) is 17.9 Å². The number of hydrogen-bond acceptors (Lipinski definition) is 1. The first-order chi connectivity index (χ1) is 27.2. The van der Waals surface area contributed by atoms with E-state index in [0.29, 0.717) is 11.3 Å². The molecule has 5 heteroatoms. The number of para-hydroxylation sites is 5. The second-order valence-electron chi connectivity index (χ2n) is 13.9. The summed E-state index contributed by atoms with van der Waals surface area (Å²) in [5.74, 6) is 0. The van der Waals surface area contributed by atoms with Crippen LogP contribution in [0.15, 0.2) is 176 Å². The molecule has 0 aliphatic rings. The highest BCUT2D eigenvalue weighted by Crippen LogP contribution is 2.42. The van der Waals surface area contributed by atoms with Gasteiger partial charge < -0.3 is 13.7 Å². The molecule has 3 aromatic heterocycles. The minimum Gasteiger partial charge on any atom is -0.310 e. The van der Waals surface area contributed by atoms with E-state index in [0.717, 1.165) is 61.0 Å². The molecular weight excluding hydrogens is 671 g/mol. The van der Waals surface area contributed by atoms with E-state index in [-0.39, 0.29) is 0 Å². The van der Waals surface area contributed by atoms with Crippen LogP contribution in [0.1, 0.15) is 5.56 Å². The topological polar surface area (TPSA) is 42.9 Å². The Kier molecular flexibility index (Phi) is 6.61. The predicted octanol–water partition coefficient (Wildman–Crippen LogP) is 13.1. The molecule has 0 atom stereocenters. The summed E-state index contributed by atoms with van der Waals surface area (Å²) in [5, 5.41) is 16.9. The van der Waals surface area contributed by atoms with E-state index in [1.165, 1.54) is 32.6 Å². The Morgan fingerprint density at radius 3 is 1.64 bits per heavy atom. The van der Waals surface area contributed by atoms with Crippen molar-refractivity contribution >= 4 is 71.1 Å². The van der Waals surface area contributed by atoms with Crippen LogP contribution in [0.3, 0.4) is 0 Å². The zero-order valence-corrected chi connectivity index (χ0v) is 29.5. The third-order valence-corrected chi connectivity index (χ3v) is 11.1. The summed E-state index contributed by atoms with van der Waals surface area (Å²) in [6.07, 6.45) is 0. The van der Waals surface area contributed by atoms with Gasteiger partial charge in [0.15, 0.2) is 5.69 Å².